The summed E-state index contributed by atoms with van der Waals surface area (Å²) < 4.78 is 0. The number of rotatable bonds is 7. The van der Waals surface area contributed by atoms with Gasteiger partial charge in [-0.1, -0.05) is 97.4 Å². The number of amides is 1. The van der Waals surface area contributed by atoms with E-state index in [1.807, 2.05) is 66.7 Å². The minimum Gasteiger partial charge on any atom is -0.480 e. The molecule has 3 atom stereocenters. The Kier molecular flexibility index (Phi) is 7.47. The van der Waals surface area contributed by atoms with E-state index in [9.17, 15) is 14.7 Å². The third-order valence-electron chi connectivity index (χ3n) is 7.82. The molecular formula is C31H34N2O3. The fourth-order valence-corrected chi connectivity index (χ4v) is 6.08. The van der Waals surface area contributed by atoms with Crippen LogP contribution in [0.2, 0.25) is 0 Å². The summed E-state index contributed by atoms with van der Waals surface area (Å²) in [4.78, 5) is 30.7. The van der Waals surface area contributed by atoms with Gasteiger partial charge in [0, 0.05) is 18.6 Å². The van der Waals surface area contributed by atoms with Gasteiger partial charge >= 0.3 is 5.97 Å². The van der Waals surface area contributed by atoms with Crippen molar-refractivity contribution in [3.05, 3.63) is 108 Å². The molecular weight excluding hydrogens is 448 g/mol. The zero-order valence-electron chi connectivity index (χ0n) is 20.6. The normalized spacial score (nSPS) is 22.6. The van der Waals surface area contributed by atoms with Gasteiger partial charge in [0.2, 0.25) is 5.91 Å². The van der Waals surface area contributed by atoms with Crippen molar-refractivity contribution in [2.24, 2.45) is 0 Å². The highest BCUT2D eigenvalue weighted by atomic mass is 16.4. The standard InChI is InChI=1S/C31H34N2O3/c34-30(29(24-14-6-2-7-15-24)25-16-8-3-9-17-25)33-22-27(21-28(33)31(35)36)32-19-11-10-18-26(32)20-23-12-4-1-5-13-23/h1-9,12-17,26-29H,10-11,18-22H2,(H,35,36)/t26?,27-,28-/m1/s1. The zero-order valence-corrected chi connectivity index (χ0v) is 20.6. The molecule has 3 aromatic rings. The van der Waals surface area contributed by atoms with Crippen molar-refractivity contribution in [3.63, 3.8) is 0 Å². The average Bonchev–Trinajstić information content (AvgIpc) is 3.37. The van der Waals surface area contributed by atoms with Gasteiger partial charge < -0.3 is 10.0 Å². The van der Waals surface area contributed by atoms with E-state index in [1.165, 1.54) is 12.0 Å². The van der Waals surface area contributed by atoms with Gasteiger partial charge in [0.15, 0.2) is 0 Å². The zero-order chi connectivity index (χ0) is 24.9. The molecule has 0 aromatic heterocycles. The summed E-state index contributed by atoms with van der Waals surface area (Å²) in [6.45, 7) is 1.41. The van der Waals surface area contributed by atoms with Crippen LogP contribution < -0.4 is 0 Å². The molecule has 5 rings (SSSR count). The van der Waals surface area contributed by atoms with Crippen LogP contribution >= 0.6 is 0 Å². The first-order chi connectivity index (χ1) is 17.6. The van der Waals surface area contributed by atoms with Crippen molar-refractivity contribution in [3.8, 4) is 0 Å². The van der Waals surface area contributed by atoms with Crippen LogP contribution in [0, 0.1) is 0 Å². The summed E-state index contributed by atoms with van der Waals surface area (Å²) in [7, 11) is 0. The smallest absolute Gasteiger partial charge is 0.326 e. The van der Waals surface area contributed by atoms with Crippen LogP contribution in [0.25, 0.3) is 0 Å². The molecule has 0 spiro atoms. The lowest BCUT2D eigenvalue weighted by atomic mass is 9.90. The van der Waals surface area contributed by atoms with E-state index in [1.54, 1.807) is 4.90 Å². The van der Waals surface area contributed by atoms with Gasteiger partial charge in [0.1, 0.15) is 6.04 Å². The number of carboxylic acid groups (broad SMARTS) is 1. The molecule has 0 radical (unpaired) electrons. The molecule has 0 saturated carbocycles. The maximum absolute atomic E-state index is 14.1. The van der Waals surface area contributed by atoms with E-state index < -0.39 is 17.9 Å². The average molecular weight is 483 g/mol. The molecule has 1 amide bonds. The van der Waals surface area contributed by atoms with E-state index in [-0.39, 0.29) is 11.9 Å². The molecule has 0 aliphatic carbocycles. The largest absolute Gasteiger partial charge is 0.480 e. The van der Waals surface area contributed by atoms with E-state index in [0.717, 1.165) is 36.9 Å². The first kappa shape index (κ1) is 24.3. The van der Waals surface area contributed by atoms with Gasteiger partial charge in [-0.15, -0.1) is 0 Å². The van der Waals surface area contributed by atoms with Gasteiger partial charge in [-0.3, -0.25) is 9.69 Å². The molecule has 5 heteroatoms. The second kappa shape index (κ2) is 11.1. The Morgan fingerprint density at radius 2 is 1.42 bits per heavy atom. The van der Waals surface area contributed by atoms with Crippen LogP contribution in [0.4, 0.5) is 0 Å². The Balaban J connectivity index is 1.41. The summed E-state index contributed by atoms with van der Waals surface area (Å²) in [5.74, 6) is -1.56. The van der Waals surface area contributed by atoms with Crippen LogP contribution in [0.5, 0.6) is 0 Å². The monoisotopic (exact) mass is 482 g/mol. The minimum absolute atomic E-state index is 0.0521. The van der Waals surface area contributed by atoms with Crippen molar-refractivity contribution >= 4 is 11.9 Å². The Bertz CT molecular complexity index is 1110. The first-order valence-electron chi connectivity index (χ1n) is 13.0. The maximum atomic E-state index is 14.1. The summed E-state index contributed by atoms with van der Waals surface area (Å²) in [6.07, 6.45) is 4.84. The number of carbonyl (C=O) groups excluding carboxylic acids is 1. The molecule has 2 aliphatic rings. The molecule has 1 N–H and O–H groups in total. The van der Waals surface area contributed by atoms with E-state index in [4.69, 9.17) is 0 Å². The van der Waals surface area contributed by atoms with Gasteiger partial charge in [-0.2, -0.15) is 0 Å². The number of carboxylic acids is 1. The molecule has 2 aliphatic heterocycles. The Hall–Kier alpha value is -3.44. The number of likely N-dealkylation sites (tertiary alicyclic amines) is 2. The molecule has 1 unspecified atom stereocenters. The second-order valence-electron chi connectivity index (χ2n) is 10.1. The van der Waals surface area contributed by atoms with Crippen LogP contribution in [0.1, 0.15) is 48.3 Å². The molecule has 0 bridgehead atoms. The number of piperidine rings is 1. The molecule has 2 fully saturated rings. The van der Waals surface area contributed by atoms with Crippen LogP contribution in [-0.2, 0) is 16.0 Å². The van der Waals surface area contributed by atoms with Gasteiger partial charge in [0.25, 0.3) is 0 Å². The van der Waals surface area contributed by atoms with Gasteiger partial charge in [0.05, 0.1) is 5.92 Å². The van der Waals surface area contributed by atoms with Crippen LogP contribution in [0.15, 0.2) is 91.0 Å². The number of carbonyl (C=O) groups is 2. The van der Waals surface area contributed by atoms with Crippen LogP contribution in [0.3, 0.4) is 0 Å². The number of nitrogens with zero attached hydrogens (tertiary/aromatic N) is 2. The fourth-order valence-electron chi connectivity index (χ4n) is 6.08. The lowest BCUT2D eigenvalue weighted by Crippen LogP contribution is -2.49. The molecule has 3 aromatic carbocycles. The lowest BCUT2D eigenvalue weighted by molar-refractivity contribution is -0.148. The first-order valence-corrected chi connectivity index (χ1v) is 13.0. The Morgan fingerprint density at radius 3 is 2.00 bits per heavy atom. The predicted molar refractivity (Wildman–Crippen MR) is 141 cm³/mol. The summed E-state index contributed by atoms with van der Waals surface area (Å²) in [5.41, 5.74) is 3.09. The topological polar surface area (TPSA) is 60.9 Å². The van der Waals surface area contributed by atoms with Crippen molar-refractivity contribution in [2.45, 2.75) is 56.1 Å². The quantitative estimate of drug-likeness (QED) is 0.517. The lowest BCUT2D eigenvalue weighted by Gasteiger charge is -2.40. The molecule has 5 nitrogen and oxygen atoms in total. The SMILES string of the molecule is O=C(O)[C@H]1C[C@@H](N2CCCCC2Cc2ccccc2)CN1C(=O)C(c1ccccc1)c1ccccc1. The summed E-state index contributed by atoms with van der Waals surface area (Å²) in [5, 5.41) is 10.2. The molecule has 2 saturated heterocycles. The molecule has 36 heavy (non-hydrogen) atoms. The van der Waals surface area contributed by atoms with Crippen molar-refractivity contribution in [1.82, 2.24) is 9.80 Å². The van der Waals surface area contributed by atoms with Gasteiger partial charge in [-0.25, -0.2) is 4.79 Å². The van der Waals surface area contributed by atoms with E-state index in [2.05, 4.69) is 29.2 Å². The minimum atomic E-state index is -0.914. The van der Waals surface area contributed by atoms with Crippen LogP contribution in [-0.4, -0.2) is 58.0 Å². The van der Waals surface area contributed by atoms with Crippen molar-refractivity contribution in [1.29, 1.82) is 0 Å². The predicted octanol–water partition coefficient (Wildman–Crippen LogP) is 4.97. The van der Waals surface area contributed by atoms with E-state index in [0.29, 0.717) is 19.0 Å². The Labute approximate surface area is 213 Å². The summed E-state index contributed by atoms with van der Waals surface area (Å²) in [6, 6.07) is 29.6. The third-order valence-corrected chi connectivity index (χ3v) is 7.82. The molecule has 186 valence electrons. The summed E-state index contributed by atoms with van der Waals surface area (Å²) >= 11 is 0. The number of benzene rings is 3. The number of aliphatic carboxylic acids is 1. The fraction of sp³-hybridized carbons (Fsp3) is 0.355. The van der Waals surface area contributed by atoms with Gasteiger partial charge in [-0.05, 0) is 48.9 Å². The van der Waals surface area contributed by atoms with Crippen molar-refractivity contribution in [2.75, 3.05) is 13.1 Å². The van der Waals surface area contributed by atoms with E-state index >= 15 is 0 Å². The highest BCUT2D eigenvalue weighted by Crippen LogP contribution is 2.34. The Morgan fingerprint density at radius 1 is 0.833 bits per heavy atom. The number of hydrogen-bond donors (Lipinski definition) is 1. The van der Waals surface area contributed by atoms with Crippen molar-refractivity contribution < 1.29 is 14.7 Å². The second-order valence-corrected chi connectivity index (χ2v) is 10.1. The number of hydrogen-bond acceptors (Lipinski definition) is 3. The maximum Gasteiger partial charge on any atom is 0.326 e. The highest BCUT2D eigenvalue weighted by molar-refractivity contribution is 5.91. The third kappa shape index (κ3) is 5.21. The highest BCUT2D eigenvalue weighted by Gasteiger charge is 2.45. The molecule has 2 heterocycles.